The van der Waals surface area contributed by atoms with Crippen LogP contribution in [0.3, 0.4) is 0 Å². The van der Waals surface area contributed by atoms with E-state index in [0.717, 1.165) is 23.3 Å². The number of anilines is 1. The van der Waals surface area contributed by atoms with E-state index in [1.165, 1.54) is 22.2 Å². The van der Waals surface area contributed by atoms with Gasteiger partial charge in [-0.2, -0.15) is 13.2 Å². The minimum absolute atomic E-state index is 0.351. The lowest BCUT2D eigenvalue weighted by atomic mass is 10.1. The first kappa shape index (κ1) is 19.7. The molecule has 0 amide bonds. The van der Waals surface area contributed by atoms with Crippen molar-refractivity contribution < 1.29 is 18.0 Å². The number of hydrogen-bond acceptors (Lipinski definition) is 6. The molecule has 0 spiro atoms. The number of aldehydes is 1. The first-order valence-electron chi connectivity index (χ1n) is 8.64. The minimum atomic E-state index is -4.39. The fourth-order valence-corrected chi connectivity index (χ4v) is 3.03. The molecule has 0 radical (unpaired) electrons. The van der Waals surface area contributed by atoms with Crippen molar-refractivity contribution in [2.24, 2.45) is 10.4 Å². The van der Waals surface area contributed by atoms with E-state index in [1.807, 2.05) is 19.1 Å². The van der Waals surface area contributed by atoms with E-state index in [-0.39, 0.29) is 0 Å². The van der Waals surface area contributed by atoms with Crippen molar-refractivity contribution in [1.29, 1.82) is 0 Å². The van der Waals surface area contributed by atoms with Crippen LogP contribution in [0.2, 0.25) is 0 Å². The highest BCUT2D eigenvalue weighted by molar-refractivity contribution is 5.57. The van der Waals surface area contributed by atoms with Gasteiger partial charge in [0.2, 0.25) is 0 Å². The highest BCUT2D eigenvalue weighted by atomic mass is 19.4. The van der Waals surface area contributed by atoms with Crippen LogP contribution >= 0.6 is 0 Å². The second kappa shape index (κ2) is 7.49. The summed E-state index contributed by atoms with van der Waals surface area (Å²) in [5.74, 6) is 0. The number of carbonyl (C=O) groups excluding carboxylic acids is 1. The predicted molar refractivity (Wildman–Crippen MR) is 97.5 cm³/mol. The van der Waals surface area contributed by atoms with Crippen LogP contribution in [0.1, 0.15) is 35.2 Å². The third-order valence-corrected chi connectivity index (χ3v) is 4.75. The molecule has 0 bridgehead atoms. The number of aryl methyl sites for hydroxylation is 1. The Morgan fingerprint density at radius 3 is 2.43 bits per heavy atom. The van der Waals surface area contributed by atoms with Gasteiger partial charge >= 0.3 is 6.18 Å². The van der Waals surface area contributed by atoms with E-state index < -0.39 is 23.9 Å². The Kier molecular flexibility index (Phi) is 5.26. The lowest BCUT2D eigenvalue weighted by Crippen LogP contribution is -2.40. The van der Waals surface area contributed by atoms with Crippen molar-refractivity contribution in [3.63, 3.8) is 0 Å². The molecular formula is C19H20F3N5O. The molecule has 0 fully saturated rings. The number of hydrogen-bond donors (Lipinski definition) is 1. The summed E-state index contributed by atoms with van der Waals surface area (Å²) < 4.78 is 38.2. The number of rotatable bonds is 5. The van der Waals surface area contributed by atoms with Crippen molar-refractivity contribution in [1.82, 2.24) is 10.0 Å². The molecule has 0 aromatic heterocycles. The van der Waals surface area contributed by atoms with Gasteiger partial charge < -0.3 is 5.73 Å². The van der Waals surface area contributed by atoms with Gasteiger partial charge in [-0.15, -0.1) is 0 Å². The van der Waals surface area contributed by atoms with Crippen LogP contribution in [0.25, 0.3) is 0 Å². The van der Waals surface area contributed by atoms with Crippen LogP contribution in [0.4, 0.5) is 18.9 Å². The minimum Gasteiger partial charge on any atom is -0.399 e. The molecule has 2 aromatic carbocycles. The number of nitrogens with two attached hydrogens (primary N) is 1. The number of nitrogens with zero attached hydrogens (tertiary/aromatic N) is 4. The summed E-state index contributed by atoms with van der Waals surface area (Å²) in [5, 5.41) is 11.1. The van der Waals surface area contributed by atoms with Crippen LogP contribution < -0.4 is 5.73 Å². The van der Waals surface area contributed by atoms with Crippen LogP contribution in [0.15, 0.2) is 52.9 Å². The maximum atomic E-state index is 12.7. The smallest absolute Gasteiger partial charge is 0.399 e. The standard InChI is InChI=1S/C19H20F3N5O/c1-12-9-14(3-8-17(12)23)10-26-18(11-28)27(25-24-26)13(2)15-4-6-16(7-5-15)19(20,21)22/h3-9,11,13,18H,10,23H2,1-2H3. The number of alkyl halides is 3. The number of halogens is 3. The molecule has 9 heteroatoms. The predicted octanol–water partition coefficient (Wildman–Crippen LogP) is 4.28. The van der Waals surface area contributed by atoms with Crippen molar-refractivity contribution in [3.05, 3.63) is 64.7 Å². The lowest BCUT2D eigenvalue weighted by molar-refractivity contribution is -0.137. The molecule has 3 rings (SSSR count). The molecule has 2 unspecified atom stereocenters. The zero-order valence-electron chi connectivity index (χ0n) is 15.4. The SMILES string of the molecule is Cc1cc(CN2N=NN(C(C)c3ccc(C(F)(F)F)cc3)C2C=O)ccc1N. The van der Waals surface area contributed by atoms with Gasteiger partial charge in [0.1, 0.15) is 0 Å². The molecule has 1 aliphatic heterocycles. The fraction of sp³-hybridized carbons (Fsp3) is 0.316. The monoisotopic (exact) mass is 391 g/mol. The average Bonchev–Trinajstić information content (AvgIpc) is 3.06. The molecule has 28 heavy (non-hydrogen) atoms. The average molecular weight is 391 g/mol. The largest absolute Gasteiger partial charge is 0.416 e. The first-order chi connectivity index (χ1) is 13.2. The van der Waals surface area contributed by atoms with Crippen LogP contribution in [0, 0.1) is 6.92 Å². The van der Waals surface area contributed by atoms with Gasteiger partial charge in [0.05, 0.1) is 18.2 Å². The maximum absolute atomic E-state index is 12.7. The summed E-state index contributed by atoms with van der Waals surface area (Å²) in [5.41, 5.74) is 8.22. The quantitative estimate of drug-likeness (QED) is 0.610. The van der Waals surface area contributed by atoms with Crippen LogP contribution in [-0.4, -0.2) is 22.5 Å². The van der Waals surface area contributed by atoms with Crippen molar-refractivity contribution >= 4 is 12.0 Å². The van der Waals surface area contributed by atoms with Gasteiger partial charge in [0.25, 0.3) is 0 Å². The van der Waals surface area contributed by atoms with Gasteiger partial charge in [-0.05, 0) is 48.7 Å². The molecular weight excluding hydrogens is 371 g/mol. The third-order valence-electron chi connectivity index (χ3n) is 4.75. The summed E-state index contributed by atoms with van der Waals surface area (Å²) in [4.78, 5) is 11.7. The lowest BCUT2D eigenvalue weighted by Gasteiger charge is -2.28. The molecule has 1 aliphatic rings. The Labute approximate surface area is 160 Å². The Morgan fingerprint density at radius 2 is 1.86 bits per heavy atom. The Bertz CT molecular complexity index is 882. The van der Waals surface area contributed by atoms with E-state index in [2.05, 4.69) is 10.4 Å². The highest BCUT2D eigenvalue weighted by Crippen LogP contribution is 2.33. The summed E-state index contributed by atoms with van der Waals surface area (Å²) in [6.45, 7) is 4.00. The molecule has 1 heterocycles. The van der Waals surface area contributed by atoms with Gasteiger partial charge in [-0.25, -0.2) is 10.0 Å². The van der Waals surface area contributed by atoms with Crippen molar-refractivity contribution in [2.75, 3.05) is 5.73 Å². The molecule has 148 valence electrons. The molecule has 0 saturated heterocycles. The summed E-state index contributed by atoms with van der Waals surface area (Å²) >= 11 is 0. The van der Waals surface area contributed by atoms with Gasteiger partial charge in [-0.1, -0.05) is 34.7 Å². The van der Waals surface area contributed by atoms with E-state index in [4.69, 9.17) is 5.73 Å². The number of nitrogen functional groups attached to an aromatic ring is 1. The molecule has 2 aromatic rings. The Morgan fingerprint density at radius 1 is 1.18 bits per heavy atom. The Hall–Kier alpha value is -3.10. The number of benzene rings is 2. The second-order valence-electron chi connectivity index (χ2n) is 6.69. The molecule has 0 saturated carbocycles. The fourth-order valence-electron chi connectivity index (χ4n) is 3.03. The van der Waals surface area contributed by atoms with Gasteiger partial charge in [-0.3, -0.25) is 4.79 Å². The van der Waals surface area contributed by atoms with E-state index in [9.17, 15) is 18.0 Å². The first-order valence-corrected chi connectivity index (χ1v) is 8.64. The molecule has 2 N–H and O–H groups in total. The Balaban J connectivity index is 1.75. The third kappa shape index (κ3) is 3.92. The zero-order valence-corrected chi connectivity index (χ0v) is 15.4. The molecule has 6 nitrogen and oxygen atoms in total. The molecule has 0 aliphatic carbocycles. The normalized spacial score (nSPS) is 17.8. The van der Waals surface area contributed by atoms with Crippen LogP contribution in [0.5, 0.6) is 0 Å². The highest BCUT2D eigenvalue weighted by Gasteiger charge is 2.34. The van der Waals surface area contributed by atoms with E-state index >= 15 is 0 Å². The number of carbonyl (C=O) groups is 1. The van der Waals surface area contributed by atoms with Crippen molar-refractivity contribution in [3.8, 4) is 0 Å². The van der Waals surface area contributed by atoms with Gasteiger partial charge in [0.15, 0.2) is 12.5 Å². The second-order valence-corrected chi connectivity index (χ2v) is 6.69. The van der Waals surface area contributed by atoms with E-state index in [1.54, 1.807) is 13.0 Å². The van der Waals surface area contributed by atoms with Gasteiger partial charge in [0, 0.05) is 5.69 Å². The summed E-state index contributed by atoms with van der Waals surface area (Å²) in [6.07, 6.45) is -4.44. The zero-order chi connectivity index (χ0) is 20.5. The van der Waals surface area contributed by atoms with Crippen molar-refractivity contribution in [2.45, 2.75) is 38.8 Å². The summed E-state index contributed by atoms with van der Waals surface area (Å²) in [6, 6.07) is 9.92. The topological polar surface area (TPSA) is 74.3 Å². The maximum Gasteiger partial charge on any atom is 0.416 e. The van der Waals surface area contributed by atoms with Crippen LogP contribution in [-0.2, 0) is 17.5 Å². The molecule has 2 atom stereocenters. The summed E-state index contributed by atoms with van der Waals surface area (Å²) in [7, 11) is 0. The van der Waals surface area contributed by atoms with E-state index in [0.29, 0.717) is 24.1 Å².